The molecule has 18 heteroatoms. The number of fused-ring (bicyclic) bond motifs is 1. The number of aromatic nitrogens is 3. The van der Waals surface area contributed by atoms with E-state index in [2.05, 4.69) is 20.4 Å². The van der Waals surface area contributed by atoms with Crippen LogP contribution in [0.4, 0.5) is 10.2 Å². The first kappa shape index (κ1) is 59.6. The van der Waals surface area contributed by atoms with Crippen LogP contribution < -0.4 is 19.9 Å². The Labute approximate surface area is 492 Å². The molecule has 2 aromatic heterocycles. The highest BCUT2D eigenvalue weighted by atomic mass is 32.2. The Morgan fingerprint density at radius 1 is 0.714 bits per heavy atom. The zero-order valence-corrected chi connectivity index (χ0v) is 48.9. The van der Waals surface area contributed by atoms with Gasteiger partial charge in [0.1, 0.15) is 52.6 Å². The second-order valence-corrected chi connectivity index (χ2v) is 24.1. The van der Waals surface area contributed by atoms with Gasteiger partial charge in [0.15, 0.2) is 22.8 Å². The third kappa shape index (κ3) is 12.3. The van der Waals surface area contributed by atoms with Crippen LogP contribution in [0.25, 0.3) is 11.0 Å². The lowest BCUT2D eigenvalue weighted by atomic mass is 9.77. The molecule has 0 aliphatic carbocycles. The minimum Gasteiger partial charge on any atom is -0.497 e. The molecule has 9 aromatic rings. The molecular weight excluding hydrogens is 1100 g/mol. The molecule has 1 aliphatic heterocycles. The summed E-state index contributed by atoms with van der Waals surface area (Å²) in [5.41, 5.74) is 0.554. The van der Waals surface area contributed by atoms with Crippen molar-refractivity contribution >= 4 is 41.5 Å². The van der Waals surface area contributed by atoms with Crippen LogP contribution in [0.5, 0.6) is 11.5 Å². The molecule has 15 nitrogen and oxygen atoms in total. The number of nitrogens with zero attached hydrogens (tertiary/aromatic N) is 3. The number of aliphatic hydroxyl groups is 2. The molecule has 4 N–H and O–H groups in total. The highest BCUT2D eigenvalue weighted by molar-refractivity contribution is 8.13. The monoisotopic (exact) mass is 1170 g/mol. The summed E-state index contributed by atoms with van der Waals surface area (Å²) in [6, 6.07) is 63.7. The fourth-order valence-corrected chi connectivity index (χ4v) is 12.9. The van der Waals surface area contributed by atoms with Gasteiger partial charge >= 0.3 is 7.75 Å². The molecule has 0 amide bonds. The van der Waals surface area contributed by atoms with Crippen LogP contribution in [0.3, 0.4) is 0 Å². The van der Waals surface area contributed by atoms with Crippen LogP contribution in [0.2, 0.25) is 0 Å². The molecule has 7 aromatic carbocycles. The minimum atomic E-state index is -4.26. The van der Waals surface area contributed by atoms with Gasteiger partial charge in [-0.1, -0.05) is 188 Å². The number of carbonyl (C=O) groups excluding carboxylic acids is 1. The Balaban J connectivity index is 0.865. The normalized spacial score (nSPS) is 18.1. The van der Waals surface area contributed by atoms with Gasteiger partial charge in [0.05, 0.1) is 44.8 Å². The van der Waals surface area contributed by atoms with E-state index in [4.69, 9.17) is 28.0 Å². The average Bonchev–Trinajstić information content (AvgIpc) is 1.52. The maximum absolute atomic E-state index is 16.9. The topological polar surface area (TPSA) is 185 Å². The fourth-order valence-electron chi connectivity index (χ4n) is 10.6. The molecule has 3 heterocycles. The Bertz CT molecular complexity index is 3520. The van der Waals surface area contributed by atoms with E-state index in [1.807, 2.05) is 214 Å². The highest BCUT2D eigenvalue weighted by Gasteiger charge is 2.54. The maximum Gasteiger partial charge on any atom is 0.405 e. The van der Waals surface area contributed by atoms with Crippen LogP contribution in [0.15, 0.2) is 213 Å². The number of aliphatic hydroxyl groups excluding tert-OH is 1. The predicted molar refractivity (Wildman–Crippen MR) is 323 cm³/mol. The van der Waals surface area contributed by atoms with E-state index in [0.717, 1.165) is 56.9 Å². The van der Waals surface area contributed by atoms with Crippen LogP contribution in [0.1, 0.15) is 65.9 Å². The van der Waals surface area contributed by atoms with E-state index in [1.54, 1.807) is 14.2 Å². The molecule has 2 unspecified atom stereocenters. The lowest BCUT2D eigenvalue weighted by molar-refractivity contribution is -0.124. The molecule has 0 saturated carbocycles. The summed E-state index contributed by atoms with van der Waals surface area (Å²) in [6.45, 7) is 4.42. The van der Waals surface area contributed by atoms with Crippen LogP contribution in [0, 0.1) is 11.2 Å². The largest absolute Gasteiger partial charge is 0.497 e. The lowest BCUT2D eigenvalue weighted by Gasteiger charge is -2.38. The summed E-state index contributed by atoms with van der Waals surface area (Å²) < 4.78 is 69.5. The van der Waals surface area contributed by atoms with Gasteiger partial charge in [-0.05, 0) is 84.0 Å². The van der Waals surface area contributed by atoms with Crippen molar-refractivity contribution in [3.8, 4) is 11.5 Å². The molecule has 1 fully saturated rings. The number of carbonyl (C=O) groups is 1. The van der Waals surface area contributed by atoms with Gasteiger partial charge in [0, 0.05) is 18.5 Å². The number of anilines is 1. The summed E-state index contributed by atoms with van der Waals surface area (Å²) in [5.74, 6) is 0.733. The Morgan fingerprint density at radius 2 is 1.20 bits per heavy atom. The van der Waals surface area contributed by atoms with Gasteiger partial charge < -0.3 is 34.5 Å². The average molecular weight is 1170 g/mol. The number of rotatable bonds is 25. The van der Waals surface area contributed by atoms with E-state index < -0.39 is 60.8 Å². The summed E-state index contributed by atoms with van der Waals surface area (Å²) in [4.78, 5) is 23.3. The maximum atomic E-state index is 16.9. The standard InChI is InChI=1S/C66H67FN5O10PS/c1-63(2,44-79-66(50-25-15-8-16-26-50,51-27-17-9-18-28-51)52-29-19-10-20-30-52)62(74)84-40-39-80-83(76,70-41-46-21-11-6-12-22-46)81-43-56-58(73)64(3,75)61(82-56)72-42-55(67)57-59(68-45-69-60(57)72)71-65(47-23-13-7-14-24-47,48-31-35-53(77-4)36-32-48)49-33-37-54(78-5)38-34-49/h6-38,42,45,56,58,61,73,75H,39-41,43-44H2,1-5H3,(H,70,76)(H,68,69,71)/t56-,58?,61-,64+,83?/m1/s1. The fraction of sp³-hybridized carbons (Fsp3) is 0.258. The van der Waals surface area contributed by atoms with Gasteiger partial charge in [0.25, 0.3) is 0 Å². The summed E-state index contributed by atoms with van der Waals surface area (Å²) in [7, 11) is -1.09. The molecule has 0 spiro atoms. The molecule has 434 valence electrons. The molecule has 1 saturated heterocycles. The van der Waals surface area contributed by atoms with Gasteiger partial charge in [-0.3, -0.25) is 18.4 Å². The van der Waals surface area contributed by atoms with Crippen LogP contribution >= 0.6 is 19.5 Å². The van der Waals surface area contributed by atoms with Gasteiger partial charge in [-0.25, -0.2) is 24.0 Å². The Morgan fingerprint density at radius 3 is 1.71 bits per heavy atom. The Hall–Kier alpha value is -7.54. The van der Waals surface area contributed by atoms with E-state index in [-0.39, 0.29) is 47.5 Å². The van der Waals surface area contributed by atoms with Gasteiger partial charge in [0.2, 0.25) is 0 Å². The van der Waals surface area contributed by atoms with E-state index in [9.17, 15) is 19.6 Å². The predicted octanol–water partition coefficient (Wildman–Crippen LogP) is 12.2. The number of hydrogen-bond donors (Lipinski definition) is 4. The lowest BCUT2D eigenvalue weighted by Crippen LogP contribution is -2.44. The van der Waals surface area contributed by atoms with Crippen LogP contribution in [-0.4, -0.2) is 87.5 Å². The van der Waals surface area contributed by atoms with Gasteiger partial charge in [-0.15, -0.1) is 0 Å². The summed E-state index contributed by atoms with van der Waals surface area (Å²) >= 11 is 1.02. The highest BCUT2D eigenvalue weighted by Crippen LogP contribution is 2.49. The molecule has 84 heavy (non-hydrogen) atoms. The van der Waals surface area contributed by atoms with Crippen molar-refractivity contribution in [3.63, 3.8) is 0 Å². The summed E-state index contributed by atoms with van der Waals surface area (Å²) in [5, 5.41) is 30.3. The molecule has 0 radical (unpaired) electrons. The molecule has 10 rings (SSSR count). The van der Waals surface area contributed by atoms with Crippen molar-refractivity contribution in [3.05, 3.63) is 257 Å². The number of ether oxygens (including phenoxy) is 4. The zero-order valence-electron chi connectivity index (χ0n) is 47.2. The second-order valence-electron chi connectivity index (χ2n) is 21.2. The summed E-state index contributed by atoms with van der Waals surface area (Å²) in [6.07, 6.45) is -1.99. The van der Waals surface area contributed by atoms with Crippen LogP contribution in [-0.2, 0) is 45.6 Å². The molecule has 1 aliphatic rings. The van der Waals surface area contributed by atoms with Crippen molar-refractivity contribution in [2.75, 3.05) is 45.1 Å². The first-order valence-electron chi connectivity index (χ1n) is 27.5. The number of methoxy groups -OCH3 is 2. The first-order chi connectivity index (χ1) is 40.6. The van der Waals surface area contributed by atoms with E-state index >= 15 is 4.39 Å². The van der Waals surface area contributed by atoms with Crippen molar-refractivity contribution in [2.45, 2.75) is 62.5 Å². The van der Waals surface area contributed by atoms with E-state index in [0.29, 0.717) is 11.5 Å². The SMILES string of the molecule is COc1ccc(C(Nc2ncnc3c2c(F)cn3[C@@H]2O[C@H](COP(=O)(NCc3ccccc3)OCCSC(=O)C(C)(C)COC(c3ccccc3)(c3ccccc3)c3ccccc3)C(O)[C@]2(C)O)(c2ccccc2)c2ccc(OC)cc2)cc1. The van der Waals surface area contributed by atoms with E-state index in [1.165, 1.54) is 17.8 Å². The van der Waals surface area contributed by atoms with Crippen molar-refractivity contribution < 1.29 is 52.0 Å². The van der Waals surface area contributed by atoms with Crippen molar-refractivity contribution in [1.29, 1.82) is 0 Å². The molecule has 5 atom stereocenters. The number of hydrogen-bond acceptors (Lipinski definition) is 14. The third-order valence-corrected chi connectivity index (χ3v) is 17.9. The molecule has 0 bridgehead atoms. The minimum absolute atomic E-state index is 0.0247. The number of benzene rings is 7. The second kappa shape index (κ2) is 25.8. The quantitative estimate of drug-likeness (QED) is 0.0240. The van der Waals surface area contributed by atoms with Crippen molar-refractivity contribution in [2.24, 2.45) is 5.41 Å². The third-order valence-electron chi connectivity index (χ3n) is 15.2. The first-order valence-corrected chi connectivity index (χ1v) is 30.0. The zero-order chi connectivity index (χ0) is 59.0. The molecular formula is C66H67FN5O10PS. The number of nitrogens with one attached hydrogen (secondary N) is 2. The van der Waals surface area contributed by atoms with Crippen molar-refractivity contribution in [1.82, 2.24) is 19.6 Å². The number of halogens is 1. The Kier molecular flexibility index (Phi) is 18.3. The number of thioether (sulfide) groups is 1. The van der Waals surface area contributed by atoms with Gasteiger partial charge in [-0.2, -0.15) is 0 Å². The smallest absolute Gasteiger partial charge is 0.405 e.